The molecule has 4 nitrogen and oxygen atoms in total. The summed E-state index contributed by atoms with van der Waals surface area (Å²) in [5, 5.41) is 4.66. The lowest BCUT2D eigenvalue weighted by Crippen LogP contribution is -2.23. The first-order valence-corrected chi connectivity index (χ1v) is 8.69. The minimum absolute atomic E-state index is 0.229. The molecule has 2 aliphatic carbocycles. The molecule has 1 unspecified atom stereocenters. The fourth-order valence-electron chi connectivity index (χ4n) is 2.70. The van der Waals surface area contributed by atoms with E-state index >= 15 is 0 Å². The SMILES string of the molecule is CCC(COC)Nc1sc(C(=O)C2CC2)c(N)c1C1CC1. The summed E-state index contributed by atoms with van der Waals surface area (Å²) in [6.45, 7) is 2.81. The summed E-state index contributed by atoms with van der Waals surface area (Å²) in [6.07, 6.45) is 5.42. The highest BCUT2D eigenvalue weighted by atomic mass is 32.1. The number of carbonyl (C=O) groups excluding carboxylic acids is 1. The number of carbonyl (C=O) groups is 1. The minimum atomic E-state index is 0.229. The van der Waals surface area contributed by atoms with Gasteiger partial charge in [0.15, 0.2) is 5.78 Å². The summed E-state index contributed by atoms with van der Waals surface area (Å²) in [6, 6.07) is 0.273. The van der Waals surface area contributed by atoms with E-state index in [2.05, 4.69) is 12.2 Å². The molecule has 2 fully saturated rings. The molecular formula is C16H24N2O2S. The number of rotatable bonds is 8. The van der Waals surface area contributed by atoms with E-state index in [0.29, 0.717) is 12.5 Å². The van der Waals surface area contributed by atoms with Crippen LogP contribution < -0.4 is 11.1 Å². The fourth-order valence-corrected chi connectivity index (χ4v) is 4.01. The van der Waals surface area contributed by atoms with Crippen LogP contribution >= 0.6 is 11.3 Å². The summed E-state index contributed by atoms with van der Waals surface area (Å²) in [5.41, 5.74) is 8.26. The second kappa shape index (κ2) is 5.97. The predicted molar refractivity (Wildman–Crippen MR) is 87.3 cm³/mol. The number of nitrogens with one attached hydrogen (secondary N) is 1. The zero-order valence-electron chi connectivity index (χ0n) is 12.8. The maximum absolute atomic E-state index is 12.4. The van der Waals surface area contributed by atoms with Gasteiger partial charge in [0.25, 0.3) is 0 Å². The Morgan fingerprint density at radius 1 is 1.43 bits per heavy atom. The Kier molecular flexibility index (Phi) is 4.22. The molecule has 1 heterocycles. The molecule has 0 aromatic carbocycles. The number of anilines is 2. The zero-order valence-corrected chi connectivity index (χ0v) is 13.6. The molecular weight excluding hydrogens is 284 g/mol. The normalized spacial score (nSPS) is 19.5. The van der Waals surface area contributed by atoms with Gasteiger partial charge in [0.05, 0.1) is 22.2 Å². The van der Waals surface area contributed by atoms with Gasteiger partial charge >= 0.3 is 0 Å². The second-order valence-electron chi connectivity index (χ2n) is 6.21. The first kappa shape index (κ1) is 14.9. The molecule has 0 amide bonds. The Morgan fingerprint density at radius 3 is 2.67 bits per heavy atom. The molecule has 1 aromatic rings. The van der Waals surface area contributed by atoms with Crippen molar-refractivity contribution in [1.82, 2.24) is 0 Å². The summed E-state index contributed by atoms with van der Waals surface area (Å²) in [5.74, 6) is 1.03. The molecule has 0 spiro atoms. The van der Waals surface area contributed by atoms with Crippen molar-refractivity contribution in [2.45, 2.75) is 51.0 Å². The molecule has 0 bridgehead atoms. The molecule has 1 atom stereocenters. The van der Waals surface area contributed by atoms with Crippen molar-refractivity contribution in [3.63, 3.8) is 0 Å². The standard InChI is InChI=1S/C16H24N2O2S/c1-3-11(8-20-2)18-16-12(9-4-5-9)13(17)15(21-16)14(19)10-6-7-10/h9-11,18H,3-8,17H2,1-2H3. The van der Waals surface area contributed by atoms with Gasteiger partial charge in [-0.2, -0.15) is 0 Å². The molecule has 0 aliphatic heterocycles. The van der Waals surface area contributed by atoms with E-state index in [1.807, 2.05) is 0 Å². The Labute approximate surface area is 130 Å². The van der Waals surface area contributed by atoms with Crippen molar-refractivity contribution in [3.05, 3.63) is 10.4 Å². The number of hydrogen-bond acceptors (Lipinski definition) is 5. The van der Waals surface area contributed by atoms with Crippen LogP contribution in [-0.2, 0) is 4.74 Å². The third-order valence-corrected chi connectivity index (χ3v) is 5.50. The average molecular weight is 308 g/mol. The van der Waals surface area contributed by atoms with Crippen LogP contribution in [0, 0.1) is 5.92 Å². The van der Waals surface area contributed by atoms with Crippen LogP contribution in [0.2, 0.25) is 0 Å². The Balaban J connectivity index is 1.87. The van der Waals surface area contributed by atoms with Gasteiger partial charge in [-0.1, -0.05) is 6.92 Å². The van der Waals surface area contributed by atoms with Crippen molar-refractivity contribution in [2.75, 3.05) is 24.8 Å². The molecule has 0 saturated heterocycles. The molecule has 2 saturated carbocycles. The lowest BCUT2D eigenvalue weighted by Gasteiger charge is -2.17. The van der Waals surface area contributed by atoms with Crippen LogP contribution in [0.5, 0.6) is 0 Å². The third kappa shape index (κ3) is 3.09. The number of Topliss-reactive ketones (excluding diaryl/α,β-unsaturated/α-hetero) is 1. The molecule has 3 rings (SSSR count). The van der Waals surface area contributed by atoms with Gasteiger partial charge in [-0.25, -0.2) is 0 Å². The van der Waals surface area contributed by atoms with Crippen molar-refractivity contribution < 1.29 is 9.53 Å². The highest BCUT2D eigenvalue weighted by Gasteiger charge is 2.37. The van der Waals surface area contributed by atoms with Crippen molar-refractivity contribution in [1.29, 1.82) is 0 Å². The summed E-state index contributed by atoms with van der Waals surface area (Å²) >= 11 is 1.56. The quantitative estimate of drug-likeness (QED) is 0.720. The molecule has 2 aliphatic rings. The molecule has 21 heavy (non-hydrogen) atoms. The van der Waals surface area contributed by atoms with Gasteiger partial charge in [0.1, 0.15) is 0 Å². The molecule has 116 valence electrons. The fraction of sp³-hybridized carbons (Fsp3) is 0.688. The van der Waals surface area contributed by atoms with E-state index in [1.165, 1.54) is 18.4 Å². The summed E-state index contributed by atoms with van der Waals surface area (Å²) < 4.78 is 5.26. The largest absolute Gasteiger partial charge is 0.397 e. The van der Waals surface area contributed by atoms with Gasteiger partial charge in [-0.3, -0.25) is 4.79 Å². The van der Waals surface area contributed by atoms with E-state index in [1.54, 1.807) is 18.4 Å². The van der Waals surface area contributed by atoms with Gasteiger partial charge in [-0.05, 0) is 38.0 Å². The topological polar surface area (TPSA) is 64.3 Å². The lowest BCUT2D eigenvalue weighted by atomic mass is 10.1. The maximum atomic E-state index is 12.4. The van der Waals surface area contributed by atoms with Crippen LogP contribution in [0.3, 0.4) is 0 Å². The highest BCUT2D eigenvalue weighted by Crippen LogP contribution is 2.52. The second-order valence-corrected chi connectivity index (χ2v) is 7.23. The first-order valence-electron chi connectivity index (χ1n) is 7.87. The van der Waals surface area contributed by atoms with E-state index in [4.69, 9.17) is 10.5 Å². The van der Waals surface area contributed by atoms with Gasteiger partial charge in [0, 0.05) is 24.6 Å². The molecule has 0 radical (unpaired) electrons. The lowest BCUT2D eigenvalue weighted by molar-refractivity contribution is 0.0972. The monoisotopic (exact) mass is 308 g/mol. The Hall–Kier alpha value is -1.07. The maximum Gasteiger partial charge on any atom is 0.178 e. The van der Waals surface area contributed by atoms with Crippen LogP contribution in [0.25, 0.3) is 0 Å². The van der Waals surface area contributed by atoms with E-state index < -0.39 is 0 Å². The number of thiophene rings is 1. The first-order chi connectivity index (χ1) is 10.2. The van der Waals surface area contributed by atoms with Gasteiger partial charge in [0.2, 0.25) is 0 Å². The van der Waals surface area contributed by atoms with Crippen LogP contribution in [0.15, 0.2) is 0 Å². The van der Waals surface area contributed by atoms with E-state index in [0.717, 1.165) is 34.8 Å². The number of methoxy groups -OCH3 is 1. The molecule has 5 heteroatoms. The van der Waals surface area contributed by atoms with Crippen molar-refractivity contribution >= 4 is 27.8 Å². The van der Waals surface area contributed by atoms with Crippen LogP contribution in [-0.4, -0.2) is 25.5 Å². The van der Waals surface area contributed by atoms with Crippen molar-refractivity contribution in [3.8, 4) is 0 Å². The smallest absolute Gasteiger partial charge is 0.178 e. The zero-order chi connectivity index (χ0) is 15.0. The van der Waals surface area contributed by atoms with Crippen LogP contribution in [0.4, 0.5) is 10.7 Å². The highest BCUT2D eigenvalue weighted by molar-refractivity contribution is 7.19. The minimum Gasteiger partial charge on any atom is -0.397 e. The van der Waals surface area contributed by atoms with Gasteiger partial charge < -0.3 is 15.8 Å². The summed E-state index contributed by atoms with van der Waals surface area (Å²) in [7, 11) is 1.72. The van der Waals surface area contributed by atoms with E-state index in [-0.39, 0.29) is 17.7 Å². The molecule has 3 N–H and O–H groups in total. The third-order valence-electron chi connectivity index (χ3n) is 4.34. The molecule has 1 aromatic heterocycles. The Morgan fingerprint density at radius 2 is 2.14 bits per heavy atom. The number of nitrogens with two attached hydrogens (primary N) is 1. The summed E-state index contributed by atoms with van der Waals surface area (Å²) in [4.78, 5) is 13.2. The van der Waals surface area contributed by atoms with Crippen molar-refractivity contribution in [2.24, 2.45) is 5.92 Å². The number of ether oxygens (including phenoxy) is 1. The number of ketones is 1. The number of nitrogen functional groups attached to an aromatic ring is 1. The number of hydrogen-bond donors (Lipinski definition) is 2. The van der Waals surface area contributed by atoms with Crippen LogP contribution in [0.1, 0.15) is 60.2 Å². The predicted octanol–water partition coefficient (Wildman–Crippen LogP) is 3.64. The average Bonchev–Trinajstić information content (AvgIpc) is 3.36. The van der Waals surface area contributed by atoms with Gasteiger partial charge in [-0.15, -0.1) is 11.3 Å². The Bertz CT molecular complexity index is 533. The van der Waals surface area contributed by atoms with E-state index in [9.17, 15) is 4.79 Å².